The molecule has 2 unspecified atom stereocenters. The molecule has 0 spiro atoms. The highest BCUT2D eigenvalue weighted by molar-refractivity contribution is 7.89. The van der Waals surface area contributed by atoms with E-state index in [0.717, 1.165) is 44.9 Å². The molecule has 10 heteroatoms. The van der Waals surface area contributed by atoms with Crippen molar-refractivity contribution in [3.63, 3.8) is 0 Å². The second kappa shape index (κ2) is 7.29. The third-order valence-electron chi connectivity index (χ3n) is 7.74. The van der Waals surface area contributed by atoms with Gasteiger partial charge in [-0.1, -0.05) is 5.16 Å². The number of sulfonamides is 1. The van der Waals surface area contributed by atoms with Crippen LogP contribution < -0.4 is 10.0 Å². The summed E-state index contributed by atoms with van der Waals surface area (Å²) in [6.07, 6.45) is 8.24. The van der Waals surface area contributed by atoms with Crippen LogP contribution in [0.2, 0.25) is 0 Å². The van der Waals surface area contributed by atoms with Gasteiger partial charge in [0.15, 0.2) is 5.76 Å². The molecule has 1 aromatic heterocycles. The third-order valence-corrected chi connectivity index (χ3v) is 9.42. The molecule has 1 aliphatic heterocycles. The second-order valence-corrected chi connectivity index (χ2v) is 11.8. The Morgan fingerprint density at radius 3 is 2.68 bits per heavy atom. The summed E-state index contributed by atoms with van der Waals surface area (Å²) in [6.45, 7) is 2.44. The van der Waals surface area contributed by atoms with E-state index in [4.69, 9.17) is 4.52 Å². The molecule has 0 aromatic carbocycles. The van der Waals surface area contributed by atoms with Crippen LogP contribution in [0.5, 0.6) is 0 Å². The molecule has 5 fully saturated rings. The number of aromatic nitrogens is 1. The molecule has 1 aromatic rings. The normalized spacial score (nSPS) is 36.6. The van der Waals surface area contributed by atoms with Crippen LogP contribution in [0.3, 0.4) is 0 Å². The number of carbonyl (C=O) groups excluding carboxylic acids is 1. The lowest BCUT2D eigenvalue weighted by Crippen LogP contribution is -2.69. The van der Waals surface area contributed by atoms with Crippen molar-refractivity contribution in [2.24, 2.45) is 11.8 Å². The highest BCUT2D eigenvalue weighted by Crippen LogP contribution is 2.57. The number of aryl methyl sites for hydroxylation is 1. The van der Waals surface area contributed by atoms with E-state index >= 15 is 0 Å². The average molecular weight is 448 g/mol. The first-order valence-corrected chi connectivity index (χ1v) is 12.6. The Balaban J connectivity index is 1.33. The number of hydrogen-bond donors (Lipinski definition) is 2. The third kappa shape index (κ3) is 3.66. The van der Waals surface area contributed by atoms with Crippen molar-refractivity contribution in [1.29, 1.82) is 5.26 Å². The second-order valence-electron chi connectivity index (χ2n) is 10.1. The number of likely N-dealkylation sites (tertiary alicyclic amines) is 1. The Hall–Kier alpha value is -1.96. The molecule has 3 atom stereocenters. The van der Waals surface area contributed by atoms with E-state index in [1.165, 1.54) is 6.20 Å². The Bertz CT molecular complexity index is 1010. The van der Waals surface area contributed by atoms with Crippen LogP contribution in [0.15, 0.2) is 15.6 Å². The van der Waals surface area contributed by atoms with Crippen molar-refractivity contribution in [3.05, 3.63) is 12.0 Å². The first kappa shape index (κ1) is 20.9. The summed E-state index contributed by atoms with van der Waals surface area (Å²) in [4.78, 5) is 14.6. The molecule has 6 rings (SSSR count). The molecule has 4 saturated carbocycles. The molecular weight excluding hydrogens is 418 g/mol. The molecule has 168 valence electrons. The van der Waals surface area contributed by atoms with Crippen molar-refractivity contribution >= 4 is 15.9 Å². The maximum absolute atomic E-state index is 13.1. The largest absolute Gasteiger partial charge is 0.360 e. The standard InChI is InChI=1S/C21H29N5O4S/c1-14-18(11-24-30-14)31(28,29)25-21-8-15-5-16(9-21)7-20(6-15,13-21)23-12-19(27)26-4-2-3-17(26)10-22/h11,15-17,23,25H,2-9,12-13H2,1H3/t15?,16?,17-,20?,21?/m0/s1. The Labute approximate surface area is 182 Å². The summed E-state index contributed by atoms with van der Waals surface area (Å²) in [7, 11) is -3.74. The summed E-state index contributed by atoms with van der Waals surface area (Å²) < 4.78 is 34.2. The van der Waals surface area contributed by atoms with Crippen LogP contribution in [0.4, 0.5) is 0 Å². The van der Waals surface area contributed by atoms with Gasteiger partial charge in [-0.2, -0.15) is 5.26 Å². The van der Waals surface area contributed by atoms with E-state index < -0.39 is 15.6 Å². The topological polar surface area (TPSA) is 128 Å². The molecule has 5 aliphatic rings. The predicted octanol–water partition coefficient (Wildman–Crippen LogP) is 1.46. The molecule has 1 saturated heterocycles. The molecule has 1 amide bonds. The maximum Gasteiger partial charge on any atom is 0.246 e. The zero-order valence-corrected chi connectivity index (χ0v) is 18.6. The minimum Gasteiger partial charge on any atom is -0.360 e. The number of hydrogen-bond acceptors (Lipinski definition) is 7. The number of carbonyl (C=O) groups is 1. The van der Waals surface area contributed by atoms with Gasteiger partial charge in [0.25, 0.3) is 0 Å². The summed E-state index contributed by atoms with van der Waals surface area (Å²) in [5, 5.41) is 16.4. The van der Waals surface area contributed by atoms with E-state index in [1.807, 2.05) is 0 Å². The van der Waals surface area contributed by atoms with E-state index in [2.05, 4.69) is 21.3 Å². The SMILES string of the molecule is Cc1oncc1S(=O)(=O)NC12CC3CC(CC(NCC(=O)N4CCC[C@H]4C#N)(C3)C1)C2. The van der Waals surface area contributed by atoms with Gasteiger partial charge in [0, 0.05) is 17.6 Å². The number of nitrogens with one attached hydrogen (secondary N) is 2. The van der Waals surface area contributed by atoms with E-state index in [9.17, 15) is 18.5 Å². The summed E-state index contributed by atoms with van der Waals surface area (Å²) in [5.74, 6) is 1.13. The van der Waals surface area contributed by atoms with E-state index in [-0.39, 0.29) is 34.7 Å². The van der Waals surface area contributed by atoms with Crippen molar-refractivity contribution in [2.75, 3.05) is 13.1 Å². The molecule has 4 aliphatic carbocycles. The average Bonchev–Trinajstić information content (AvgIpc) is 3.33. The van der Waals surface area contributed by atoms with Gasteiger partial charge >= 0.3 is 0 Å². The summed E-state index contributed by atoms with van der Waals surface area (Å²) >= 11 is 0. The van der Waals surface area contributed by atoms with Gasteiger partial charge in [-0.3, -0.25) is 4.79 Å². The number of rotatable bonds is 6. The van der Waals surface area contributed by atoms with Gasteiger partial charge < -0.3 is 14.7 Å². The maximum atomic E-state index is 13.1. The number of nitrogens with zero attached hydrogens (tertiary/aromatic N) is 3. The molecule has 0 radical (unpaired) electrons. The predicted molar refractivity (Wildman–Crippen MR) is 110 cm³/mol. The highest BCUT2D eigenvalue weighted by atomic mass is 32.2. The van der Waals surface area contributed by atoms with Gasteiger partial charge in [0.2, 0.25) is 15.9 Å². The quantitative estimate of drug-likeness (QED) is 0.675. The fourth-order valence-electron chi connectivity index (χ4n) is 7.04. The van der Waals surface area contributed by atoms with Gasteiger partial charge in [0.05, 0.1) is 18.8 Å². The first-order chi connectivity index (χ1) is 14.7. The molecule has 4 bridgehead atoms. The molecule has 2 N–H and O–H groups in total. The lowest BCUT2D eigenvalue weighted by atomic mass is 9.50. The number of amides is 1. The minimum atomic E-state index is -3.74. The van der Waals surface area contributed by atoms with Crippen molar-refractivity contribution in [2.45, 2.75) is 80.3 Å². The van der Waals surface area contributed by atoms with E-state index in [1.54, 1.807) is 11.8 Å². The van der Waals surface area contributed by atoms with Crippen LogP contribution in [-0.4, -0.2) is 54.6 Å². The van der Waals surface area contributed by atoms with Gasteiger partial charge in [0.1, 0.15) is 10.9 Å². The van der Waals surface area contributed by atoms with Crippen molar-refractivity contribution < 1.29 is 17.7 Å². The van der Waals surface area contributed by atoms with Gasteiger partial charge in [-0.05, 0) is 70.1 Å². The molecule has 9 nitrogen and oxygen atoms in total. The first-order valence-electron chi connectivity index (χ1n) is 11.1. The van der Waals surface area contributed by atoms with Crippen molar-refractivity contribution in [1.82, 2.24) is 20.1 Å². The summed E-state index contributed by atoms with van der Waals surface area (Å²) in [6, 6.07) is 1.90. The zero-order valence-electron chi connectivity index (χ0n) is 17.8. The van der Waals surface area contributed by atoms with Gasteiger partial charge in [-0.25, -0.2) is 13.1 Å². The Morgan fingerprint density at radius 1 is 1.32 bits per heavy atom. The zero-order chi connectivity index (χ0) is 21.9. The fourth-order valence-corrected chi connectivity index (χ4v) is 8.56. The fraction of sp³-hybridized carbons (Fsp3) is 0.762. The van der Waals surface area contributed by atoms with Crippen LogP contribution in [0, 0.1) is 30.1 Å². The Morgan fingerprint density at radius 2 is 2.03 bits per heavy atom. The monoisotopic (exact) mass is 447 g/mol. The molecule has 2 heterocycles. The van der Waals surface area contributed by atoms with Crippen LogP contribution in [0.25, 0.3) is 0 Å². The minimum absolute atomic E-state index is 0.0328. The van der Waals surface area contributed by atoms with Crippen LogP contribution in [-0.2, 0) is 14.8 Å². The number of nitriles is 1. The Kier molecular flexibility index (Phi) is 4.92. The molecular formula is C21H29N5O4S. The van der Waals surface area contributed by atoms with Gasteiger partial charge in [-0.15, -0.1) is 0 Å². The lowest BCUT2D eigenvalue weighted by molar-refractivity contribution is -0.131. The van der Waals surface area contributed by atoms with Crippen LogP contribution in [0.1, 0.15) is 57.1 Å². The van der Waals surface area contributed by atoms with Crippen LogP contribution >= 0.6 is 0 Å². The van der Waals surface area contributed by atoms with E-state index in [0.29, 0.717) is 24.8 Å². The summed E-state index contributed by atoms with van der Waals surface area (Å²) in [5.41, 5.74) is -0.751. The highest BCUT2D eigenvalue weighted by Gasteiger charge is 2.59. The lowest BCUT2D eigenvalue weighted by Gasteiger charge is -2.62. The van der Waals surface area contributed by atoms with Crippen molar-refractivity contribution in [3.8, 4) is 6.07 Å². The smallest absolute Gasteiger partial charge is 0.246 e. The molecule has 31 heavy (non-hydrogen) atoms.